The largest absolute Gasteiger partial charge is 0.443 e. The quantitative estimate of drug-likeness (QED) is 0.886. The van der Waals surface area contributed by atoms with E-state index in [-0.39, 0.29) is 6.54 Å². The monoisotopic (exact) mass is 343 g/mol. The van der Waals surface area contributed by atoms with E-state index in [4.69, 9.17) is 4.74 Å². The summed E-state index contributed by atoms with van der Waals surface area (Å²) in [5, 5.41) is 0.882. The summed E-state index contributed by atoms with van der Waals surface area (Å²) in [7, 11) is -4.01. The van der Waals surface area contributed by atoms with Crippen LogP contribution in [0.2, 0.25) is 0 Å². The number of aromatic nitrogens is 1. The maximum atomic E-state index is 11.8. The number of hydrogen-bond acceptors (Lipinski definition) is 6. The minimum absolute atomic E-state index is 0.0118. The zero-order valence-electron chi connectivity index (χ0n) is 12.4. The summed E-state index contributed by atoms with van der Waals surface area (Å²) in [6.07, 6.45) is -1.02. The summed E-state index contributed by atoms with van der Waals surface area (Å²) in [4.78, 5) is 11.5. The molecule has 2 N–H and O–H groups in total. The van der Waals surface area contributed by atoms with Crippen LogP contribution >= 0.6 is 11.5 Å². The molecule has 1 aromatic heterocycles. The van der Waals surface area contributed by atoms with Crippen LogP contribution < -0.4 is 9.44 Å². The van der Waals surface area contributed by atoms with Crippen molar-refractivity contribution < 1.29 is 17.9 Å². The second kappa shape index (κ2) is 6.19. The van der Waals surface area contributed by atoms with Crippen molar-refractivity contribution in [3.8, 4) is 0 Å². The third kappa shape index (κ3) is 4.65. The fourth-order valence-corrected chi connectivity index (χ4v) is 3.13. The first-order valence-corrected chi connectivity index (χ1v) is 8.76. The van der Waals surface area contributed by atoms with Crippen LogP contribution in [0.5, 0.6) is 0 Å². The molecule has 0 fully saturated rings. The molecule has 0 spiro atoms. The summed E-state index contributed by atoms with van der Waals surface area (Å²) in [5.74, 6) is 0. The predicted molar refractivity (Wildman–Crippen MR) is 84.7 cm³/mol. The van der Waals surface area contributed by atoms with Crippen LogP contribution in [-0.4, -0.2) is 24.5 Å². The van der Waals surface area contributed by atoms with Gasteiger partial charge in [-0.3, -0.25) is 0 Å². The van der Waals surface area contributed by atoms with Gasteiger partial charge in [0.05, 0.1) is 16.9 Å². The molecule has 0 bridgehead atoms. The maximum Gasteiger partial charge on any atom is 0.422 e. The van der Waals surface area contributed by atoms with Crippen molar-refractivity contribution in [2.24, 2.45) is 0 Å². The summed E-state index contributed by atoms with van der Waals surface area (Å²) in [5.41, 5.74) is -0.166. The van der Waals surface area contributed by atoms with Gasteiger partial charge in [-0.15, -0.1) is 0 Å². The van der Waals surface area contributed by atoms with E-state index in [0.29, 0.717) is 5.69 Å². The minimum Gasteiger partial charge on any atom is -0.443 e. The highest BCUT2D eigenvalue weighted by Crippen LogP contribution is 2.21. The topological polar surface area (TPSA) is 97.4 Å². The molecule has 2 rings (SSSR count). The number of hydrogen-bond donors (Lipinski definition) is 2. The molecule has 0 atom stereocenters. The number of amides is 1. The van der Waals surface area contributed by atoms with Gasteiger partial charge in [-0.2, -0.15) is 17.5 Å². The number of carbonyl (C=O) groups excluding carboxylic acids is 1. The van der Waals surface area contributed by atoms with Crippen LogP contribution in [0.15, 0.2) is 24.3 Å². The van der Waals surface area contributed by atoms with Gasteiger partial charge < -0.3 is 4.74 Å². The van der Waals surface area contributed by atoms with Crippen molar-refractivity contribution in [1.82, 2.24) is 13.8 Å². The molecule has 0 saturated heterocycles. The highest BCUT2D eigenvalue weighted by Gasteiger charge is 2.21. The second-order valence-electron chi connectivity index (χ2n) is 5.55. The molecule has 9 heteroatoms. The Morgan fingerprint density at radius 2 is 2.00 bits per heavy atom. The Hall–Kier alpha value is -1.71. The van der Waals surface area contributed by atoms with E-state index in [1.165, 1.54) is 11.5 Å². The second-order valence-corrected chi connectivity index (χ2v) is 7.86. The number of nitrogens with one attached hydrogen (secondary N) is 2. The molecular weight excluding hydrogens is 326 g/mol. The third-order valence-corrected chi connectivity index (χ3v) is 4.32. The van der Waals surface area contributed by atoms with E-state index in [1.807, 2.05) is 24.3 Å². The standard InChI is InChI=1S/C13H17N3O4S2/c1-13(2,3)20-12(17)16-22(18,19)14-8-10-9-6-4-5-7-11(9)21-15-10/h4-7,14H,8H2,1-3H3,(H,16,17). The molecule has 0 saturated carbocycles. The molecule has 0 aliphatic carbocycles. The molecule has 0 aliphatic rings. The molecule has 0 unspecified atom stereocenters. The number of nitrogens with zero attached hydrogens (tertiary/aromatic N) is 1. The molecule has 1 aromatic carbocycles. The van der Waals surface area contributed by atoms with Crippen molar-refractivity contribution >= 4 is 37.9 Å². The van der Waals surface area contributed by atoms with Crippen LogP contribution in [0.3, 0.4) is 0 Å². The van der Waals surface area contributed by atoms with E-state index in [1.54, 1.807) is 25.5 Å². The van der Waals surface area contributed by atoms with Gasteiger partial charge in [-0.25, -0.2) is 9.52 Å². The fourth-order valence-electron chi connectivity index (χ4n) is 1.67. The zero-order valence-corrected chi connectivity index (χ0v) is 14.0. The Bertz CT molecular complexity index is 778. The molecule has 1 amide bonds. The van der Waals surface area contributed by atoms with Crippen molar-refractivity contribution in [1.29, 1.82) is 0 Å². The van der Waals surface area contributed by atoms with E-state index in [9.17, 15) is 13.2 Å². The maximum absolute atomic E-state index is 11.8. The van der Waals surface area contributed by atoms with Crippen molar-refractivity contribution in [2.45, 2.75) is 32.9 Å². The zero-order chi connectivity index (χ0) is 16.4. The molecule has 0 aliphatic heterocycles. The van der Waals surface area contributed by atoms with Crippen molar-refractivity contribution in [3.05, 3.63) is 30.0 Å². The normalized spacial score (nSPS) is 12.3. The number of rotatable bonds is 4. The average molecular weight is 343 g/mol. The lowest BCUT2D eigenvalue weighted by Crippen LogP contribution is -2.42. The van der Waals surface area contributed by atoms with Crippen LogP contribution in [-0.2, 0) is 21.5 Å². The van der Waals surface area contributed by atoms with Gasteiger partial charge in [0.15, 0.2) is 0 Å². The van der Waals surface area contributed by atoms with E-state index in [0.717, 1.165) is 10.1 Å². The highest BCUT2D eigenvalue weighted by molar-refractivity contribution is 7.88. The Morgan fingerprint density at radius 1 is 1.32 bits per heavy atom. The molecule has 120 valence electrons. The molecule has 2 aromatic rings. The van der Waals surface area contributed by atoms with Crippen LogP contribution in [0.1, 0.15) is 26.5 Å². The number of fused-ring (bicyclic) bond motifs is 1. The molecule has 22 heavy (non-hydrogen) atoms. The molecule has 7 nitrogen and oxygen atoms in total. The van der Waals surface area contributed by atoms with Crippen molar-refractivity contribution in [2.75, 3.05) is 0 Å². The Labute approximate surface area is 133 Å². The summed E-state index contributed by atoms with van der Waals surface area (Å²) < 4.78 is 37.8. The van der Waals surface area contributed by atoms with Crippen molar-refractivity contribution in [3.63, 3.8) is 0 Å². The molecule has 1 heterocycles. The number of ether oxygens (including phenoxy) is 1. The van der Waals surface area contributed by atoms with Crippen LogP contribution in [0.4, 0.5) is 4.79 Å². The van der Waals surface area contributed by atoms with E-state index >= 15 is 0 Å². The summed E-state index contributed by atoms with van der Waals surface area (Å²) in [6, 6.07) is 7.51. The van der Waals surface area contributed by atoms with Gasteiger partial charge in [-0.05, 0) is 38.4 Å². The highest BCUT2D eigenvalue weighted by atomic mass is 32.2. The van der Waals surface area contributed by atoms with Crippen LogP contribution in [0, 0.1) is 0 Å². The Kier molecular flexibility index (Phi) is 4.69. The first-order chi connectivity index (χ1) is 10.2. The smallest absolute Gasteiger partial charge is 0.422 e. The lowest BCUT2D eigenvalue weighted by Gasteiger charge is -2.19. The lowest BCUT2D eigenvalue weighted by molar-refractivity contribution is 0.0569. The fraction of sp³-hybridized carbons (Fsp3) is 0.385. The van der Waals surface area contributed by atoms with E-state index in [2.05, 4.69) is 9.10 Å². The first-order valence-electron chi connectivity index (χ1n) is 6.50. The SMILES string of the molecule is CC(C)(C)OC(=O)NS(=O)(=O)NCc1nsc2ccccc12. The van der Waals surface area contributed by atoms with Gasteiger partial charge in [-0.1, -0.05) is 18.2 Å². The van der Waals surface area contributed by atoms with Gasteiger partial charge >= 0.3 is 16.3 Å². The van der Waals surface area contributed by atoms with Gasteiger partial charge in [0.1, 0.15) is 5.60 Å². The summed E-state index contributed by atoms with van der Waals surface area (Å²) >= 11 is 1.29. The molecule has 0 radical (unpaired) electrons. The Balaban J connectivity index is 1.99. The third-order valence-electron chi connectivity index (χ3n) is 2.50. The first kappa shape index (κ1) is 16.7. The predicted octanol–water partition coefficient (Wildman–Crippen LogP) is 2.16. The van der Waals surface area contributed by atoms with Gasteiger partial charge in [0.2, 0.25) is 0 Å². The molecular formula is C13H17N3O4S2. The van der Waals surface area contributed by atoms with E-state index < -0.39 is 21.9 Å². The average Bonchev–Trinajstić information content (AvgIpc) is 2.76. The minimum atomic E-state index is -4.01. The van der Waals surface area contributed by atoms with Crippen LogP contribution in [0.25, 0.3) is 10.1 Å². The summed E-state index contributed by atoms with van der Waals surface area (Å²) in [6.45, 7) is 4.93. The van der Waals surface area contributed by atoms with Gasteiger partial charge in [0.25, 0.3) is 0 Å². The number of benzene rings is 1. The number of carbonyl (C=O) groups is 1. The van der Waals surface area contributed by atoms with Gasteiger partial charge in [0, 0.05) is 5.39 Å². The Morgan fingerprint density at radius 3 is 2.68 bits per heavy atom. The lowest BCUT2D eigenvalue weighted by atomic mass is 10.2.